The zero-order valence-corrected chi connectivity index (χ0v) is 15.6. The van der Waals surface area contributed by atoms with E-state index in [0.29, 0.717) is 6.54 Å². The van der Waals surface area contributed by atoms with E-state index >= 15 is 0 Å². The third-order valence-electron chi connectivity index (χ3n) is 4.03. The number of aromatic nitrogens is 1. The molecule has 0 amide bonds. The second-order valence-electron chi connectivity index (χ2n) is 5.90. The maximum absolute atomic E-state index is 5.46. The standard InChI is InChI=1S/C20H28N4O/c1-5-21-20(22-12-11-17-9-7-6-8-10-17)24-14-18-16(3)19(25-4)15(2)13-23-18/h6-10,13H,5,11-12,14H2,1-4H3,(H2,21,22,24). The summed E-state index contributed by atoms with van der Waals surface area (Å²) in [5.74, 6) is 1.70. The first-order valence-corrected chi connectivity index (χ1v) is 8.70. The quantitative estimate of drug-likeness (QED) is 0.601. The summed E-state index contributed by atoms with van der Waals surface area (Å²) in [6, 6.07) is 10.4. The van der Waals surface area contributed by atoms with Crippen molar-refractivity contribution in [3.8, 4) is 5.75 Å². The second-order valence-corrected chi connectivity index (χ2v) is 5.90. The van der Waals surface area contributed by atoms with Gasteiger partial charge in [-0.15, -0.1) is 0 Å². The molecule has 1 aromatic heterocycles. The number of aliphatic imine (C=N–C) groups is 1. The van der Waals surface area contributed by atoms with Gasteiger partial charge in [0, 0.05) is 30.4 Å². The van der Waals surface area contributed by atoms with Crippen LogP contribution in [0.1, 0.15) is 29.3 Å². The van der Waals surface area contributed by atoms with E-state index in [2.05, 4.69) is 51.8 Å². The van der Waals surface area contributed by atoms with Crippen LogP contribution in [0.2, 0.25) is 0 Å². The van der Waals surface area contributed by atoms with Crippen LogP contribution < -0.4 is 15.4 Å². The molecule has 0 aliphatic rings. The van der Waals surface area contributed by atoms with Crippen LogP contribution in [0.5, 0.6) is 5.75 Å². The SMILES string of the molecule is CCNC(=NCc1ncc(C)c(OC)c1C)NCCc1ccccc1. The molecule has 0 spiro atoms. The van der Waals surface area contributed by atoms with Gasteiger partial charge in [0.2, 0.25) is 0 Å². The highest BCUT2D eigenvalue weighted by molar-refractivity contribution is 5.79. The number of nitrogens with one attached hydrogen (secondary N) is 2. The minimum absolute atomic E-state index is 0.517. The third-order valence-corrected chi connectivity index (χ3v) is 4.03. The summed E-state index contributed by atoms with van der Waals surface area (Å²) in [6.45, 7) is 8.26. The Labute approximate surface area is 150 Å². The van der Waals surface area contributed by atoms with Crippen molar-refractivity contribution in [3.05, 3.63) is 58.9 Å². The van der Waals surface area contributed by atoms with E-state index < -0.39 is 0 Å². The van der Waals surface area contributed by atoms with Crippen LogP contribution in [0.15, 0.2) is 41.5 Å². The molecule has 2 rings (SSSR count). The average Bonchev–Trinajstić information content (AvgIpc) is 2.62. The molecule has 0 saturated carbocycles. The van der Waals surface area contributed by atoms with Crippen LogP contribution in [0, 0.1) is 13.8 Å². The van der Waals surface area contributed by atoms with Crippen LogP contribution in [-0.2, 0) is 13.0 Å². The van der Waals surface area contributed by atoms with Gasteiger partial charge >= 0.3 is 0 Å². The van der Waals surface area contributed by atoms with E-state index in [-0.39, 0.29) is 0 Å². The number of pyridine rings is 1. The molecule has 2 N–H and O–H groups in total. The Balaban J connectivity index is 1.99. The Morgan fingerprint density at radius 3 is 2.60 bits per heavy atom. The fourth-order valence-corrected chi connectivity index (χ4v) is 2.70. The maximum Gasteiger partial charge on any atom is 0.191 e. The molecule has 5 heteroatoms. The molecule has 0 aliphatic carbocycles. The first kappa shape index (κ1) is 18.8. The Hall–Kier alpha value is -2.56. The maximum atomic E-state index is 5.46. The zero-order valence-electron chi connectivity index (χ0n) is 15.6. The summed E-state index contributed by atoms with van der Waals surface area (Å²) in [6.07, 6.45) is 2.80. The number of rotatable bonds is 7. The normalized spacial score (nSPS) is 11.3. The highest BCUT2D eigenvalue weighted by Crippen LogP contribution is 2.24. The largest absolute Gasteiger partial charge is 0.496 e. The third kappa shape index (κ3) is 5.48. The molecule has 1 heterocycles. The van der Waals surface area contributed by atoms with E-state index in [4.69, 9.17) is 4.74 Å². The van der Waals surface area contributed by atoms with Gasteiger partial charge in [-0.3, -0.25) is 4.98 Å². The van der Waals surface area contributed by atoms with Gasteiger partial charge in [0.25, 0.3) is 0 Å². The molecule has 0 radical (unpaired) electrons. The van der Waals surface area contributed by atoms with Crippen molar-refractivity contribution in [2.45, 2.75) is 33.7 Å². The van der Waals surface area contributed by atoms with Crippen LogP contribution >= 0.6 is 0 Å². The Morgan fingerprint density at radius 1 is 1.16 bits per heavy atom. The number of ether oxygens (including phenoxy) is 1. The van der Waals surface area contributed by atoms with E-state index in [0.717, 1.165) is 48.0 Å². The van der Waals surface area contributed by atoms with E-state index in [1.807, 2.05) is 26.1 Å². The lowest BCUT2D eigenvalue weighted by molar-refractivity contribution is 0.407. The summed E-state index contributed by atoms with van der Waals surface area (Å²) in [5, 5.41) is 6.66. The van der Waals surface area contributed by atoms with E-state index in [1.54, 1.807) is 7.11 Å². The van der Waals surface area contributed by atoms with Gasteiger partial charge < -0.3 is 15.4 Å². The van der Waals surface area contributed by atoms with Crippen molar-refractivity contribution in [2.24, 2.45) is 4.99 Å². The number of hydrogen-bond acceptors (Lipinski definition) is 3. The van der Waals surface area contributed by atoms with Gasteiger partial charge in [-0.25, -0.2) is 4.99 Å². The lowest BCUT2D eigenvalue weighted by atomic mass is 10.1. The van der Waals surface area contributed by atoms with Crippen LogP contribution in [-0.4, -0.2) is 31.1 Å². The molecule has 2 aromatic rings. The highest BCUT2D eigenvalue weighted by Gasteiger charge is 2.09. The molecule has 25 heavy (non-hydrogen) atoms. The van der Waals surface area contributed by atoms with Crippen LogP contribution in [0.4, 0.5) is 0 Å². The Morgan fingerprint density at radius 2 is 1.92 bits per heavy atom. The summed E-state index contributed by atoms with van der Waals surface area (Å²) in [5.41, 5.74) is 4.33. The minimum Gasteiger partial charge on any atom is -0.496 e. The van der Waals surface area contributed by atoms with Gasteiger partial charge in [-0.05, 0) is 32.8 Å². The van der Waals surface area contributed by atoms with Gasteiger partial charge in [0.05, 0.1) is 19.3 Å². The first-order chi connectivity index (χ1) is 12.2. The molecular weight excluding hydrogens is 312 g/mol. The molecule has 5 nitrogen and oxygen atoms in total. The number of benzene rings is 1. The summed E-state index contributed by atoms with van der Waals surface area (Å²) in [4.78, 5) is 9.16. The Bertz CT molecular complexity index is 698. The molecule has 0 atom stereocenters. The van der Waals surface area contributed by atoms with Gasteiger partial charge in [0.15, 0.2) is 5.96 Å². The summed E-state index contributed by atoms with van der Waals surface area (Å²) < 4.78 is 5.46. The molecule has 0 aliphatic heterocycles. The first-order valence-electron chi connectivity index (χ1n) is 8.70. The van der Waals surface area contributed by atoms with Crippen molar-refractivity contribution in [2.75, 3.05) is 20.2 Å². The fraction of sp³-hybridized carbons (Fsp3) is 0.400. The topological polar surface area (TPSA) is 58.5 Å². The van der Waals surface area contributed by atoms with E-state index in [1.165, 1.54) is 5.56 Å². The molecular formula is C20H28N4O. The van der Waals surface area contributed by atoms with Gasteiger partial charge in [0.1, 0.15) is 5.75 Å². The molecule has 0 saturated heterocycles. The molecule has 1 aromatic carbocycles. The minimum atomic E-state index is 0.517. The number of methoxy groups -OCH3 is 1. The highest BCUT2D eigenvalue weighted by atomic mass is 16.5. The molecule has 134 valence electrons. The van der Waals surface area contributed by atoms with Crippen molar-refractivity contribution >= 4 is 5.96 Å². The lowest BCUT2D eigenvalue weighted by Gasteiger charge is -2.13. The summed E-state index contributed by atoms with van der Waals surface area (Å²) >= 11 is 0. The van der Waals surface area contributed by atoms with Crippen molar-refractivity contribution < 1.29 is 4.74 Å². The fourth-order valence-electron chi connectivity index (χ4n) is 2.70. The van der Waals surface area contributed by atoms with Crippen molar-refractivity contribution in [1.29, 1.82) is 0 Å². The number of guanidine groups is 1. The zero-order chi connectivity index (χ0) is 18.1. The molecule has 0 fully saturated rings. The number of nitrogens with zero attached hydrogens (tertiary/aromatic N) is 2. The molecule has 0 unspecified atom stereocenters. The van der Waals surface area contributed by atoms with Crippen LogP contribution in [0.3, 0.4) is 0 Å². The number of hydrogen-bond donors (Lipinski definition) is 2. The van der Waals surface area contributed by atoms with Crippen molar-refractivity contribution in [1.82, 2.24) is 15.6 Å². The van der Waals surface area contributed by atoms with Gasteiger partial charge in [-0.2, -0.15) is 0 Å². The lowest BCUT2D eigenvalue weighted by Crippen LogP contribution is -2.38. The van der Waals surface area contributed by atoms with E-state index in [9.17, 15) is 0 Å². The second kappa shape index (κ2) is 9.67. The smallest absolute Gasteiger partial charge is 0.191 e. The van der Waals surface area contributed by atoms with Crippen LogP contribution in [0.25, 0.3) is 0 Å². The number of aryl methyl sites for hydroxylation is 1. The summed E-state index contributed by atoms with van der Waals surface area (Å²) in [7, 11) is 1.69. The van der Waals surface area contributed by atoms with Gasteiger partial charge in [-0.1, -0.05) is 30.3 Å². The Kier molecular flexibility index (Phi) is 7.26. The predicted octanol–water partition coefficient (Wildman–Crippen LogP) is 3.00. The average molecular weight is 340 g/mol. The van der Waals surface area contributed by atoms with Crippen molar-refractivity contribution in [3.63, 3.8) is 0 Å². The predicted molar refractivity (Wildman–Crippen MR) is 103 cm³/mol. The molecule has 0 bridgehead atoms. The monoisotopic (exact) mass is 340 g/mol.